The summed E-state index contributed by atoms with van der Waals surface area (Å²) in [7, 11) is 1.63. The van der Waals surface area contributed by atoms with Crippen molar-refractivity contribution in [2.24, 2.45) is 0 Å². The van der Waals surface area contributed by atoms with Gasteiger partial charge in [0, 0.05) is 13.1 Å². The van der Waals surface area contributed by atoms with Gasteiger partial charge in [0.2, 0.25) is 5.91 Å². The van der Waals surface area contributed by atoms with Crippen LogP contribution in [0.4, 0.5) is 11.5 Å². The highest BCUT2D eigenvalue weighted by molar-refractivity contribution is 5.92. The molecule has 0 spiro atoms. The minimum absolute atomic E-state index is 0.0501. The predicted octanol–water partition coefficient (Wildman–Crippen LogP) is 2.87. The average Bonchev–Trinajstić information content (AvgIpc) is 3.11. The molecular weight excluding hydrogens is 290 g/mol. The molecular formula is C18H21N3O2. The highest BCUT2D eigenvalue weighted by Gasteiger charge is 2.13. The van der Waals surface area contributed by atoms with Crippen molar-refractivity contribution in [1.29, 1.82) is 0 Å². The Hall–Kier alpha value is -2.56. The van der Waals surface area contributed by atoms with Gasteiger partial charge in [-0.3, -0.25) is 4.79 Å². The van der Waals surface area contributed by atoms with Crippen molar-refractivity contribution in [1.82, 2.24) is 4.98 Å². The van der Waals surface area contributed by atoms with Crippen molar-refractivity contribution in [3.63, 3.8) is 0 Å². The number of amides is 1. The Labute approximate surface area is 136 Å². The molecule has 0 aliphatic carbocycles. The quantitative estimate of drug-likeness (QED) is 0.922. The summed E-state index contributed by atoms with van der Waals surface area (Å²) in [6.07, 6.45) is 4.50. The van der Waals surface area contributed by atoms with Crippen LogP contribution in [0.25, 0.3) is 0 Å². The molecule has 1 aliphatic rings. The second kappa shape index (κ2) is 7.13. The maximum Gasteiger partial charge on any atom is 0.228 e. The molecule has 1 N–H and O–H groups in total. The smallest absolute Gasteiger partial charge is 0.228 e. The Bertz CT molecular complexity index is 647. The summed E-state index contributed by atoms with van der Waals surface area (Å²) in [4.78, 5) is 18.8. The van der Waals surface area contributed by atoms with E-state index in [1.807, 2.05) is 36.4 Å². The van der Waals surface area contributed by atoms with E-state index in [1.54, 1.807) is 13.3 Å². The first kappa shape index (κ1) is 15.3. The van der Waals surface area contributed by atoms with Crippen LogP contribution in [-0.4, -0.2) is 31.1 Å². The Balaban J connectivity index is 1.56. The molecule has 0 bridgehead atoms. The first-order chi connectivity index (χ1) is 11.2. The molecule has 0 atom stereocenters. The molecule has 0 unspecified atom stereocenters. The number of ether oxygens (including phenoxy) is 1. The van der Waals surface area contributed by atoms with Gasteiger partial charge in [-0.25, -0.2) is 4.98 Å². The molecule has 5 nitrogen and oxygen atoms in total. The highest BCUT2D eigenvalue weighted by Crippen LogP contribution is 2.19. The first-order valence-electron chi connectivity index (χ1n) is 7.88. The van der Waals surface area contributed by atoms with Gasteiger partial charge in [-0.1, -0.05) is 12.1 Å². The zero-order valence-corrected chi connectivity index (χ0v) is 13.3. The summed E-state index contributed by atoms with van der Waals surface area (Å²) in [5, 5.41) is 2.89. The lowest BCUT2D eigenvalue weighted by Crippen LogP contribution is -2.19. The molecule has 23 heavy (non-hydrogen) atoms. The van der Waals surface area contributed by atoms with Crippen LogP contribution in [0.15, 0.2) is 42.6 Å². The van der Waals surface area contributed by atoms with Crippen LogP contribution in [0.5, 0.6) is 5.75 Å². The van der Waals surface area contributed by atoms with Gasteiger partial charge in [-0.05, 0) is 42.7 Å². The average molecular weight is 311 g/mol. The number of hydrogen-bond donors (Lipinski definition) is 1. The van der Waals surface area contributed by atoms with Crippen molar-refractivity contribution in [2.45, 2.75) is 19.3 Å². The van der Waals surface area contributed by atoms with Crippen LogP contribution in [0.1, 0.15) is 18.4 Å². The number of carbonyl (C=O) groups is 1. The zero-order valence-electron chi connectivity index (χ0n) is 13.3. The SMILES string of the molecule is COc1ccc(CC(=O)Nc2ccc(N3CCCC3)nc2)cc1. The van der Waals surface area contributed by atoms with Crippen LogP contribution >= 0.6 is 0 Å². The summed E-state index contributed by atoms with van der Waals surface area (Å²) in [6.45, 7) is 2.13. The highest BCUT2D eigenvalue weighted by atomic mass is 16.5. The molecule has 2 aromatic rings. The van der Waals surface area contributed by atoms with E-state index in [-0.39, 0.29) is 5.91 Å². The number of anilines is 2. The van der Waals surface area contributed by atoms with E-state index in [2.05, 4.69) is 15.2 Å². The van der Waals surface area contributed by atoms with Gasteiger partial charge >= 0.3 is 0 Å². The van der Waals surface area contributed by atoms with E-state index < -0.39 is 0 Å². The molecule has 1 saturated heterocycles. The van der Waals surface area contributed by atoms with Crippen LogP contribution in [0.3, 0.4) is 0 Å². The van der Waals surface area contributed by atoms with Gasteiger partial charge < -0.3 is 15.0 Å². The van der Waals surface area contributed by atoms with Gasteiger partial charge in [0.1, 0.15) is 11.6 Å². The van der Waals surface area contributed by atoms with Crippen LogP contribution < -0.4 is 15.0 Å². The van der Waals surface area contributed by atoms with E-state index >= 15 is 0 Å². The standard InChI is InChI=1S/C18H21N3O2/c1-23-16-7-4-14(5-8-16)12-18(22)20-15-6-9-17(19-13-15)21-10-2-3-11-21/h4-9,13H,2-3,10-12H2,1H3,(H,20,22). The second-order valence-corrected chi connectivity index (χ2v) is 5.67. The van der Waals surface area contributed by atoms with Crippen molar-refractivity contribution in [3.05, 3.63) is 48.2 Å². The van der Waals surface area contributed by atoms with Crippen molar-refractivity contribution in [3.8, 4) is 5.75 Å². The molecule has 5 heteroatoms. The Kier molecular flexibility index (Phi) is 4.76. The lowest BCUT2D eigenvalue weighted by molar-refractivity contribution is -0.115. The zero-order chi connectivity index (χ0) is 16.1. The third kappa shape index (κ3) is 4.00. The number of aromatic nitrogens is 1. The number of nitrogens with zero attached hydrogens (tertiary/aromatic N) is 2. The predicted molar refractivity (Wildman–Crippen MR) is 91.0 cm³/mol. The molecule has 1 aromatic heterocycles. The van der Waals surface area contributed by atoms with E-state index in [0.717, 1.165) is 35.9 Å². The summed E-state index contributed by atoms with van der Waals surface area (Å²) >= 11 is 0. The van der Waals surface area contributed by atoms with E-state index in [1.165, 1.54) is 12.8 Å². The fourth-order valence-corrected chi connectivity index (χ4v) is 2.73. The van der Waals surface area contributed by atoms with Gasteiger partial charge in [-0.2, -0.15) is 0 Å². The molecule has 0 saturated carbocycles. The largest absolute Gasteiger partial charge is 0.497 e. The van der Waals surface area contributed by atoms with Gasteiger partial charge in [0.25, 0.3) is 0 Å². The number of benzene rings is 1. The van der Waals surface area contributed by atoms with Gasteiger partial charge in [0.05, 0.1) is 25.4 Å². The minimum atomic E-state index is -0.0501. The van der Waals surface area contributed by atoms with Gasteiger partial charge in [-0.15, -0.1) is 0 Å². The fourth-order valence-electron chi connectivity index (χ4n) is 2.73. The number of nitrogens with one attached hydrogen (secondary N) is 1. The summed E-state index contributed by atoms with van der Waals surface area (Å²) in [5.74, 6) is 1.72. The number of pyridine rings is 1. The molecule has 1 aliphatic heterocycles. The van der Waals surface area contributed by atoms with Crippen molar-refractivity contribution in [2.75, 3.05) is 30.4 Å². The Morgan fingerprint density at radius 1 is 1.17 bits per heavy atom. The molecule has 0 radical (unpaired) electrons. The minimum Gasteiger partial charge on any atom is -0.497 e. The lowest BCUT2D eigenvalue weighted by atomic mass is 10.1. The van der Waals surface area contributed by atoms with E-state index in [9.17, 15) is 4.79 Å². The topological polar surface area (TPSA) is 54.5 Å². The van der Waals surface area contributed by atoms with E-state index in [0.29, 0.717) is 6.42 Å². The van der Waals surface area contributed by atoms with Crippen molar-refractivity contribution >= 4 is 17.4 Å². The summed E-state index contributed by atoms with van der Waals surface area (Å²) in [6, 6.07) is 11.4. The maximum absolute atomic E-state index is 12.1. The lowest BCUT2D eigenvalue weighted by Gasteiger charge is -2.16. The third-order valence-corrected chi connectivity index (χ3v) is 3.99. The molecule has 1 aromatic carbocycles. The number of methoxy groups -OCH3 is 1. The Morgan fingerprint density at radius 3 is 2.52 bits per heavy atom. The molecule has 3 rings (SSSR count). The summed E-state index contributed by atoms with van der Waals surface area (Å²) < 4.78 is 5.11. The number of rotatable bonds is 5. The summed E-state index contributed by atoms with van der Waals surface area (Å²) in [5.41, 5.74) is 1.68. The normalized spacial score (nSPS) is 13.9. The first-order valence-corrected chi connectivity index (χ1v) is 7.88. The molecule has 1 amide bonds. The van der Waals surface area contributed by atoms with Crippen LogP contribution in [0.2, 0.25) is 0 Å². The van der Waals surface area contributed by atoms with Crippen LogP contribution in [0, 0.1) is 0 Å². The van der Waals surface area contributed by atoms with Crippen molar-refractivity contribution < 1.29 is 9.53 Å². The maximum atomic E-state index is 12.1. The third-order valence-electron chi connectivity index (χ3n) is 3.99. The monoisotopic (exact) mass is 311 g/mol. The Morgan fingerprint density at radius 2 is 1.91 bits per heavy atom. The molecule has 1 fully saturated rings. The van der Waals surface area contributed by atoms with Crippen LogP contribution in [-0.2, 0) is 11.2 Å². The number of hydrogen-bond acceptors (Lipinski definition) is 4. The number of carbonyl (C=O) groups excluding carboxylic acids is 1. The molecule has 2 heterocycles. The van der Waals surface area contributed by atoms with E-state index in [4.69, 9.17) is 4.74 Å². The second-order valence-electron chi connectivity index (χ2n) is 5.67. The van der Waals surface area contributed by atoms with Gasteiger partial charge in [0.15, 0.2) is 0 Å². The fraction of sp³-hybridized carbons (Fsp3) is 0.333. The molecule has 120 valence electrons.